The van der Waals surface area contributed by atoms with E-state index >= 15 is 0 Å². The zero-order valence-corrected chi connectivity index (χ0v) is 10.2. The molecule has 0 unspecified atom stereocenters. The number of nitro groups is 1. The lowest BCUT2D eigenvalue weighted by Crippen LogP contribution is -2.33. The minimum Gasteiger partial charge on any atom is -0.308 e. The van der Waals surface area contributed by atoms with Gasteiger partial charge in [0.2, 0.25) is 0 Å². The molecule has 0 saturated heterocycles. The van der Waals surface area contributed by atoms with Gasteiger partial charge in [0.1, 0.15) is 5.69 Å². The van der Waals surface area contributed by atoms with Crippen molar-refractivity contribution in [1.82, 2.24) is 9.55 Å². The molecule has 9 nitrogen and oxygen atoms in total. The highest BCUT2D eigenvalue weighted by molar-refractivity contribution is 5.86. The van der Waals surface area contributed by atoms with Gasteiger partial charge in [0.15, 0.2) is 0 Å². The Bertz CT molecular complexity index is 789. The van der Waals surface area contributed by atoms with Gasteiger partial charge in [-0.25, -0.2) is 10.6 Å². The Morgan fingerprint density at radius 3 is 2.58 bits per heavy atom. The first-order valence-corrected chi connectivity index (χ1v) is 5.23. The molecule has 100 valence electrons. The lowest BCUT2D eigenvalue weighted by atomic mass is 10.2. The van der Waals surface area contributed by atoms with Crippen LogP contribution in [0.3, 0.4) is 0 Å². The molecule has 2 rings (SSSR count). The molecule has 1 heterocycles. The topological polar surface area (TPSA) is 127 Å². The van der Waals surface area contributed by atoms with E-state index in [1.165, 1.54) is 20.2 Å². The number of anilines is 1. The summed E-state index contributed by atoms with van der Waals surface area (Å²) in [6, 6.07) is 2.41. The van der Waals surface area contributed by atoms with Gasteiger partial charge in [-0.1, -0.05) is 0 Å². The number of aromatic amines is 1. The molecule has 0 fully saturated rings. The van der Waals surface area contributed by atoms with Crippen LogP contribution in [0, 0.1) is 10.1 Å². The predicted octanol–water partition coefficient (Wildman–Crippen LogP) is -0.555. The number of aromatic nitrogens is 2. The van der Waals surface area contributed by atoms with Crippen LogP contribution in [0.5, 0.6) is 0 Å². The average Bonchev–Trinajstić information content (AvgIpc) is 2.34. The van der Waals surface area contributed by atoms with Crippen molar-refractivity contribution in [3.8, 4) is 0 Å². The number of nitrogens with two attached hydrogens (primary N) is 1. The second-order valence-electron chi connectivity index (χ2n) is 4.05. The zero-order chi connectivity index (χ0) is 14.3. The van der Waals surface area contributed by atoms with Gasteiger partial charge < -0.3 is 9.99 Å². The summed E-state index contributed by atoms with van der Waals surface area (Å²) in [5.41, 5.74) is -1.21. The molecule has 0 aliphatic carbocycles. The van der Waals surface area contributed by atoms with Crippen LogP contribution in [0.25, 0.3) is 10.9 Å². The molecule has 0 atom stereocenters. The first kappa shape index (κ1) is 12.8. The van der Waals surface area contributed by atoms with Crippen molar-refractivity contribution in [1.29, 1.82) is 0 Å². The van der Waals surface area contributed by atoms with E-state index in [0.29, 0.717) is 0 Å². The summed E-state index contributed by atoms with van der Waals surface area (Å²) in [4.78, 5) is 36.2. The number of H-pyrrole nitrogens is 1. The van der Waals surface area contributed by atoms with Gasteiger partial charge in [-0.05, 0) is 6.07 Å². The van der Waals surface area contributed by atoms with Gasteiger partial charge in [0, 0.05) is 20.2 Å². The molecule has 1 aromatic heterocycles. The SMILES string of the molecule is CN(N)c1cc2[nH]c(=O)n(C)c(=O)c2cc1[N+](=O)[O-]. The van der Waals surface area contributed by atoms with E-state index in [1.807, 2.05) is 0 Å². The van der Waals surface area contributed by atoms with E-state index in [1.54, 1.807) is 0 Å². The number of nitrogens with one attached hydrogen (secondary N) is 1. The Morgan fingerprint density at radius 1 is 1.42 bits per heavy atom. The summed E-state index contributed by atoms with van der Waals surface area (Å²) in [5, 5.41) is 12.1. The molecule has 0 aliphatic rings. The number of benzene rings is 1. The van der Waals surface area contributed by atoms with E-state index in [-0.39, 0.29) is 22.3 Å². The Kier molecular flexibility index (Phi) is 2.83. The smallest absolute Gasteiger partial charge is 0.308 e. The predicted molar refractivity (Wildman–Crippen MR) is 69.1 cm³/mol. The van der Waals surface area contributed by atoms with E-state index in [0.717, 1.165) is 15.6 Å². The maximum Gasteiger partial charge on any atom is 0.328 e. The summed E-state index contributed by atoms with van der Waals surface area (Å²) in [6.07, 6.45) is 0. The van der Waals surface area contributed by atoms with Gasteiger partial charge in [-0.2, -0.15) is 0 Å². The average molecular weight is 265 g/mol. The van der Waals surface area contributed by atoms with Crippen molar-refractivity contribution >= 4 is 22.3 Å². The lowest BCUT2D eigenvalue weighted by molar-refractivity contribution is -0.384. The van der Waals surface area contributed by atoms with Gasteiger partial charge in [0.25, 0.3) is 11.2 Å². The van der Waals surface area contributed by atoms with Gasteiger partial charge in [0.05, 0.1) is 15.8 Å². The number of nitro benzene ring substituents is 1. The summed E-state index contributed by atoms with van der Waals surface area (Å²) in [7, 11) is 2.71. The van der Waals surface area contributed by atoms with Crippen molar-refractivity contribution < 1.29 is 4.92 Å². The van der Waals surface area contributed by atoms with Gasteiger partial charge in [-0.3, -0.25) is 19.5 Å². The third-order valence-electron chi connectivity index (χ3n) is 2.77. The number of hydrogen-bond acceptors (Lipinski definition) is 6. The fourth-order valence-corrected chi connectivity index (χ4v) is 1.76. The lowest BCUT2D eigenvalue weighted by Gasteiger charge is -2.13. The Labute approximate surface area is 106 Å². The molecule has 9 heteroatoms. The maximum absolute atomic E-state index is 11.9. The Balaban J connectivity index is 2.98. The maximum atomic E-state index is 11.9. The molecule has 19 heavy (non-hydrogen) atoms. The molecule has 0 amide bonds. The van der Waals surface area contributed by atoms with Crippen LogP contribution in [0.1, 0.15) is 0 Å². The standard InChI is InChI=1S/C10H11N5O4/c1-13-9(16)5-3-8(15(18)19)7(14(2)11)4-6(5)12-10(13)17/h3-4H,11H2,1-2H3,(H,12,17). The van der Waals surface area contributed by atoms with E-state index in [4.69, 9.17) is 5.84 Å². The molecule has 0 radical (unpaired) electrons. The molecule has 0 bridgehead atoms. The highest BCUT2D eigenvalue weighted by Gasteiger charge is 2.19. The van der Waals surface area contributed by atoms with Crippen LogP contribution >= 0.6 is 0 Å². The van der Waals surface area contributed by atoms with Crippen LogP contribution in [-0.2, 0) is 7.05 Å². The number of nitrogens with zero attached hydrogens (tertiary/aromatic N) is 3. The van der Waals surface area contributed by atoms with Crippen LogP contribution < -0.4 is 22.1 Å². The molecular weight excluding hydrogens is 254 g/mol. The zero-order valence-electron chi connectivity index (χ0n) is 10.2. The second kappa shape index (κ2) is 4.21. The highest BCUT2D eigenvalue weighted by Crippen LogP contribution is 2.28. The minimum absolute atomic E-state index is 0.0550. The van der Waals surface area contributed by atoms with Crippen LogP contribution in [-0.4, -0.2) is 21.5 Å². The minimum atomic E-state index is -0.636. The third kappa shape index (κ3) is 1.95. The second-order valence-corrected chi connectivity index (χ2v) is 4.05. The van der Waals surface area contributed by atoms with E-state index in [9.17, 15) is 19.7 Å². The van der Waals surface area contributed by atoms with Gasteiger partial charge >= 0.3 is 5.69 Å². The van der Waals surface area contributed by atoms with Crippen molar-refractivity contribution in [3.63, 3.8) is 0 Å². The van der Waals surface area contributed by atoms with Gasteiger partial charge in [-0.15, -0.1) is 0 Å². The van der Waals surface area contributed by atoms with Crippen LogP contribution in [0.2, 0.25) is 0 Å². The first-order chi connectivity index (χ1) is 8.82. The third-order valence-corrected chi connectivity index (χ3v) is 2.77. The Morgan fingerprint density at radius 2 is 2.05 bits per heavy atom. The summed E-state index contributed by atoms with van der Waals surface area (Å²) in [6.45, 7) is 0. The van der Waals surface area contributed by atoms with Crippen molar-refractivity contribution in [3.05, 3.63) is 43.1 Å². The van der Waals surface area contributed by atoms with E-state index < -0.39 is 16.2 Å². The molecule has 1 aromatic carbocycles. The largest absolute Gasteiger partial charge is 0.328 e. The molecule has 0 spiro atoms. The van der Waals surface area contributed by atoms with Crippen molar-refractivity contribution in [2.24, 2.45) is 12.9 Å². The van der Waals surface area contributed by atoms with E-state index in [2.05, 4.69) is 4.98 Å². The molecule has 2 aromatic rings. The molecular formula is C10H11N5O4. The Hall–Kier alpha value is -2.68. The first-order valence-electron chi connectivity index (χ1n) is 5.23. The normalized spacial score (nSPS) is 10.7. The van der Waals surface area contributed by atoms with Crippen LogP contribution in [0.4, 0.5) is 11.4 Å². The molecule has 0 aliphatic heterocycles. The monoisotopic (exact) mass is 265 g/mol. The quantitative estimate of drug-likeness (QED) is 0.426. The summed E-state index contributed by atoms with van der Waals surface area (Å²) >= 11 is 0. The van der Waals surface area contributed by atoms with Crippen LogP contribution in [0.15, 0.2) is 21.7 Å². The fourth-order valence-electron chi connectivity index (χ4n) is 1.76. The molecule has 0 saturated carbocycles. The number of hydrazine groups is 1. The molecule has 3 N–H and O–H groups in total. The summed E-state index contributed by atoms with van der Waals surface area (Å²) in [5.74, 6) is 5.50. The van der Waals surface area contributed by atoms with Crippen molar-refractivity contribution in [2.75, 3.05) is 12.1 Å². The fraction of sp³-hybridized carbons (Fsp3) is 0.200. The highest BCUT2D eigenvalue weighted by atomic mass is 16.6. The number of hydrogen-bond donors (Lipinski definition) is 2. The number of fused-ring (bicyclic) bond motifs is 1. The van der Waals surface area contributed by atoms with Crippen molar-refractivity contribution in [2.45, 2.75) is 0 Å². The summed E-state index contributed by atoms with van der Waals surface area (Å²) < 4.78 is 0.845. The number of rotatable bonds is 2.